The fourth-order valence-electron chi connectivity index (χ4n) is 4.89. The van der Waals surface area contributed by atoms with Gasteiger partial charge in [0.1, 0.15) is 12.5 Å². The summed E-state index contributed by atoms with van der Waals surface area (Å²) in [4.78, 5) is 16.0. The largest absolute Gasteiger partial charge is 0.325 e. The number of carbonyl (C=O) groups excluding carboxylic acids is 1. The van der Waals surface area contributed by atoms with Crippen LogP contribution >= 0.6 is 0 Å². The number of urea groups is 1. The van der Waals surface area contributed by atoms with Crippen LogP contribution in [0.1, 0.15) is 18.4 Å². The Bertz CT molecular complexity index is 1120. The van der Waals surface area contributed by atoms with Crippen LogP contribution < -0.4 is 4.72 Å². The normalized spacial score (nSPS) is 21.4. The zero-order valence-electron chi connectivity index (χ0n) is 18.8. The van der Waals surface area contributed by atoms with Crippen LogP contribution in [0.15, 0.2) is 48.5 Å². The van der Waals surface area contributed by atoms with E-state index < -0.39 is 28.8 Å². The van der Waals surface area contributed by atoms with Crippen molar-refractivity contribution in [3.05, 3.63) is 59.9 Å². The third-order valence-electron chi connectivity index (χ3n) is 6.75. The van der Waals surface area contributed by atoms with E-state index in [1.165, 1.54) is 11.9 Å². The fraction of sp³-hybridized carbons (Fsp3) is 0.458. The highest BCUT2D eigenvalue weighted by atomic mass is 32.2. The Morgan fingerprint density at radius 1 is 1.18 bits per heavy atom. The predicted molar refractivity (Wildman–Crippen MR) is 123 cm³/mol. The van der Waals surface area contributed by atoms with Gasteiger partial charge >= 0.3 is 6.03 Å². The van der Waals surface area contributed by atoms with Gasteiger partial charge in [-0.25, -0.2) is 26.7 Å². The first-order valence-corrected chi connectivity index (χ1v) is 12.9. The van der Waals surface area contributed by atoms with Crippen LogP contribution in [0.4, 0.5) is 13.6 Å². The van der Waals surface area contributed by atoms with Gasteiger partial charge in [0.2, 0.25) is 10.0 Å². The first-order chi connectivity index (χ1) is 15.6. The molecule has 1 spiro atoms. The molecule has 0 unspecified atom stereocenters. The summed E-state index contributed by atoms with van der Waals surface area (Å²) in [6.45, 7) is -0.373. The number of likely N-dealkylation sites (tertiary alicyclic amines) is 1. The minimum Gasteiger partial charge on any atom is -0.325 e. The van der Waals surface area contributed by atoms with Gasteiger partial charge in [0.05, 0.1) is 18.8 Å². The Morgan fingerprint density at radius 2 is 1.88 bits per heavy atom. The van der Waals surface area contributed by atoms with Crippen molar-refractivity contribution in [2.45, 2.75) is 31.3 Å². The molecule has 2 aromatic carbocycles. The number of carbonyl (C=O) groups is 1. The number of rotatable bonds is 7. The second kappa shape index (κ2) is 9.02. The average molecular weight is 478 g/mol. The van der Waals surface area contributed by atoms with E-state index >= 15 is 4.39 Å². The Labute approximate surface area is 193 Å². The molecule has 1 heterocycles. The van der Waals surface area contributed by atoms with Crippen molar-refractivity contribution in [1.82, 2.24) is 14.5 Å². The highest BCUT2D eigenvalue weighted by Gasteiger charge is 2.61. The van der Waals surface area contributed by atoms with Crippen LogP contribution in [0.2, 0.25) is 0 Å². The van der Waals surface area contributed by atoms with Crippen LogP contribution in [0.3, 0.4) is 0 Å². The second-order valence-corrected chi connectivity index (χ2v) is 10.9. The van der Waals surface area contributed by atoms with Gasteiger partial charge in [-0.3, -0.25) is 0 Å². The van der Waals surface area contributed by atoms with Crippen molar-refractivity contribution in [2.24, 2.45) is 5.41 Å². The van der Waals surface area contributed by atoms with Crippen LogP contribution in [0.25, 0.3) is 11.1 Å². The molecule has 2 atom stereocenters. The predicted octanol–water partition coefficient (Wildman–Crippen LogP) is 3.44. The van der Waals surface area contributed by atoms with Gasteiger partial charge in [0, 0.05) is 30.6 Å². The third-order valence-corrected chi connectivity index (χ3v) is 7.43. The van der Waals surface area contributed by atoms with Crippen molar-refractivity contribution >= 4 is 16.1 Å². The number of halogens is 2. The summed E-state index contributed by atoms with van der Waals surface area (Å²) in [5, 5.41) is 0. The monoisotopic (exact) mass is 477 g/mol. The van der Waals surface area contributed by atoms with E-state index in [4.69, 9.17) is 0 Å². The van der Waals surface area contributed by atoms with E-state index in [-0.39, 0.29) is 30.2 Å². The van der Waals surface area contributed by atoms with Gasteiger partial charge in [-0.1, -0.05) is 48.5 Å². The summed E-state index contributed by atoms with van der Waals surface area (Å²) in [5.74, 6) is -0.386. The molecule has 33 heavy (non-hydrogen) atoms. The Morgan fingerprint density at radius 3 is 2.48 bits per heavy atom. The van der Waals surface area contributed by atoms with Crippen LogP contribution in [0.5, 0.6) is 0 Å². The Balaban J connectivity index is 1.71. The zero-order chi connectivity index (χ0) is 23.8. The highest BCUT2D eigenvalue weighted by molar-refractivity contribution is 7.88. The highest BCUT2D eigenvalue weighted by Crippen LogP contribution is 2.55. The Kier molecular flexibility index (Phi) is 6.46. The van der Waals surface area contributed by atoms with Crippen molar-refractivity contribution in [1.29, 1.82) is 0 Å². The lowest BCUT2D eigenvalue weighted by atomic mass is 9.91. The number of hydrogen-bond donors (Lipinski definition) is 1. The molecule has 0 bridgehead atoms. The van der Waals surface area contributed by atoms with Crippen molar-refractivity contribution in [2.75, 3.05) is 33.1 Å². The molecule has 2 aromatic rings. The quantitative estimate of drug-likeness (QED) is 0.664. The SMILES string of the molecule is CN(CCF)C(=O)N1CC2(CC2)[C@H](NS(C)(=O)=O)[C@@H]1Cc1cccc(-c2ccccc2)c1F. The van der Waals surface area contributed by atoms with Crippen LogP contribution in [0, 0.1) is 11.2 Å². The number of nitrogens with zero attached hydrogens (tertiary/aromatic N) is 2. The molecule has 6 nitrogen and oxygen atoms in total. The molecule has 1 N–H and O–H groups in total. The summed E-state index contributed by atoms with van der Waals surface area (Å²) in [7, 11) is -2.04. The van der Waals surface area contributed by atoms with Gasteiger partial charge < -0.3 is 9.80 Å². The van der Waals surface area contributed by atoms with E-state index in [1.54, 1.807) is 23.1 Å². The van der Waals surface area contributed by atoms with E-state index in [2.05, 4.69) is 4.72 Å². The maximum Gasteiger partial charge on any atom is 0.320 e. The molecule has 1 aliphatic heterocycles. The molecule has 4 rings (SSSR count). The Hall–Kier alpha value is -2.52. The van der Waals surface area contributed by atoms with Gasteiger partial charge in [0.25, 0.3) is 0 Å². The van der Waals surface area contributed by atoms with Crippen molar-refractivity contribution in [3.8, 4) is 11.1 Å². The van der Waals surface area contributed by atoms with Crippen molar-refractivity contribution in [3.63, 3.8) is 0 Å². The summed E-state index contributed by atoms with van der Waals surface area (Å²) in [5.41, 5.74) is 1.23. The molecular formula is C24H29F2N3O3S. The molecule has 1 saturated heterocycles. The average Bonchev–Trinajstić information content (AvgIpc) is 3.50. The van der Waals surface area contributed by atoms with E-state index in [9.17, 15) is 17.6 Å². The van der Waals surface area contributed by atoms with E-state index in [0.29, 0.717) is 17.7 Å². The molecular weight excluding hydrogens is 448 g/mol. The third kappa shape index (κ3) is 4.89. The molecule has 2 aliphatic rings. The number of nitrogens with one attached hydrogen (secondary N) is 1. The number of alkyl halides is 1. The molecule has 2 fully saturated rings. The number of sulfonamides is 1. The molecule has 9 heteroatoms. The van der Waals surface area contributed by atoms with Gasteiger partial charge in [-0.2, -0.15) is 0 Å². The molecule has 2 amide bonds. The minimum atomic E-state index is -3.56. The van der Waals surface area contributed by atoms with E-state index in [0.717, 1.165) is 24.7 Å². The van der Waals surface area contributed by atoms with Crippen LogP contribution in [-0.2, 0) is 16.4 Å². The summed E-state index contributed by atoms with van der Waals surface area (Å²) < 4.78 is 55.6. The second-order valence-electron chi connectivity index (χ2n) is 9.17. The van der Waals surface area contributed by atoms with Gasteiger partial charge in [-0.15, -0.1) is 0 Å². The minimum absolute atomic E-state index is 0.0585. The smallest absolute Gasteiger partial charge is 0.320 e. The zero-order valence-corrected chi connectivity index (χ0v) is 19.6. The van der Waals surface area contributed by atoms with Gasteiger partial charge in [0.15, 0.2) is 0 Å². The maximum absolute atomic E-state index is 15.6. The lowest BCUT2D eigenvalue weighted by Crippen LogP contribution is -2.51. The first-order valence-electron chi connectivity index (χ1n) is 11.0. The molecule has 0 aromatic heterocycles. The van der Waals surface area contributed by atoms with Crippen LogP contribution in [-0.4, -0.2) is 69.4 Å². The number of benzene rings is 2. The molecule has 1 aliphatic carbocycles. The lowest BCUT2D eigenvalue weighted by molar-refractivity contribution is 0.151. The molecule has 178 valence electrons. The standard InChI is InChI=1S/C24H29F2N3O3S/c1-28(14-13-25)23(30)29-16-24(11-12-24)22(27-33(2,31)32)20(29)15-18-9-6-10-19(21(18)26)17-7-4-3-5-8-17/h3-10,20,22,27H,11-16H2,1-2H3/t20-,22+/m0/s1. The maximum atomic E-state index is 15.6. The van der Waals surface area contributed by atoms with E-state index in [1.807, 2.05) is 30.3 Å². The summed E-state index contributed by atoms with van der Waals surface area (Å²) in [6, 6.07) is 12.8. The molecule has 1 saturated carbocycles. The number of hydrogen-bond acceptors (Lipinski definition) is 3. The summed E-state index contributed by atoms with van der Waals surface area (Å²) in [6.07, 6.45) is 2.80. The topological polar surface area (TPSA) is 69.7 Å². The first kappa shape index (κ1) is 23.6. The van der Waals surface area contributed by atoms with Crippen molar-refractivity contribution < 1.29 is 22.0 Å². The van der Waals surface area contributed by atoms with Gasteiger partial charge in [-0.05, 0) is 30.4 Å². The lowest BCUT2D eigenvalue weighted by Gasteiger charge is -2.32. The summed E-state index contributed by atoms with van der Waals surface area (Å²) >= 11 is 0. The fourth-order valence-corrected chi connectivity index (χ4v) is 5.76. The molecule has 0 radical (unpaired) electrons. The number of amides is 2.